The Bertz CT molecular complexity index is 1330. The summed E-state index contributed by atoms with van der Waals surface area (Å²) in [5, 5.41) is 12.0. The molecular weight excluding hydrogens is 436 g/mol. The van der Waals surface area contributed by atoms with Crippen LogP contribution >= 0.6 is 11.6 Å². The summed E-state index contributed by atoms with van der Waals surface area (Å²) < 4.78 is 11.2. The fourth-order valence-electron chi connectivity index (χ4n) is 2.82. The molecule has 2 N–H and O–H groups in total. The van der Waals surface area contributed by atoms with Gasteiger partial charge in [-0.3, -0.25) is 4.79 Å². The second-order valence-electron chi connectivity index (χ2n) is 6.45. The molecule has 9 nitrogen and oxygen atoms in total. The summed E-state index contributed by atoms with van der Waals surface area (Å²) in [5.74, 6) is -1.18. The van der Waals surface area contributed by atoms with Gasteiger partial charge in [-0.2, -0.15) is 0 Å². The molecule has 160 valence electrons. The molecule has 2 aromatic carbocycles. The Kier molecular flexibility index (Phi) is 5.82. The number of nitrogens with zero attached hydrogens (tertiary/aromatic N) is 3. The van der Waals surface area contributed by atoms with E-state index in [9.17, 15) is 9.59 Å². The van der Waals surface area contributed by atoms with Crippen molar-refractivity contribution in [2.24, 2.45) is 0 Å². The van der Waals surface area contributed by atoms with Crippen molar-refractivity contribution in [1.29, 1.82) is 0 Å². The summed E-state index contributed by atoms with van der Waals surface area (Å²) in [5.41, 5.74) is 1.08. The highest BCUT2D eigenvalue weighted by Gasteiger charge is 2.20. The molecule has 2 aromatic heterocycles. The number of rotatable bonds is 6. The number of hydrogen-bond acceptors (Lipinski definition) is 7. The van der Waals surface area contributed by atoms with E-state index >= 15 is 0 Å². The maximum absolute atomic E-state index is 13.0. The van der Waals surface area contributed by atoms with Crippen LogP contribution in [0, 0.1) is 0 Å². The first-order valence-corrected chi connectivity index (χ1v) is 9.61. The predicted octanol–water partition coefficient (Wildman–Crippen LogP) is 4.43. The lowest BCUT2D eigenvalue weighted by Gasteiger charge is -2.13. The second kappa shape index (κ2) is 8.86. The second-order valence-corrected chi connectivity index (χ2v) is 6.89. The number of halogens is 1. The summed E-state index contributed by atoms with van der Waals surface area (Å²) in [4.78, 5) is 36.6. The first kappa shape index (κ1) is 21.0. The minimum Gasteiger partial charge on any atom is -0.493 e. The zero-order chi connectivity index (χ0) is 22.7. The van der Waals surface area contributed by atoms with Gasteiger partial charge in [-0.15, -0.1) is 0 Å². The van der Waals surface area contributed by atoms with Crippen molar-refractivity contribution in [3.05, 3.63) is 77.2 Å². The lowest BCUT2D eigenvalue weighted by molar-refractivity contribution is 0.0690. The van der Waals surface area contributed by atoms with Crippen LogP contribution in [-0.2, 0) is 0 Å². The Balaban J connectivity index is 1.72. The SMILES string of the molecule is COc1cc(Cl)ccc1Oc1nc2ccccc2nc1C(=O)Nc1ccc(C(=O)O)nc1. The van der Waals surface area contributed by atoms with Gasteiger partial charge >= 0.3 is 5.97 Å². The van der Waals surface area contributed by atoms with E-state index in [-0.39, 0.29) is 23.0 Å². The molecule has 0 fully saturated rings. The van der Waals surface area contributed by atoms with Crippen molar-refractivity contribution < 1.29 is 24.2 Å². The van der Waals surface area contributed by atoms with Crippen molar-refractivity contribution >= 4 is 40.2 Å². The lowest BCUT2D eigenvalue weighted by Crippen LogP contribution is -2.16. The van der Waals surface area contributed by atoms with E-state index in [0.717, 1.165) is 0 Å². The van der Waals surface area contributed by atoms with Gasteiger partial charge in [0.15, 0.2) is 17.2 Å². The van der Waals surface area contributed by atoms with Gasteiger partial charge in [-0.25, -0.2) is 19.7 Å². The van der Waals surface area contributed by atoms with Crippen molar-refractivity contribution in [2.75, 3.05) is 12.4 Å². The van der Waals surface area contributed by atoms with Gasteiger partial charge in [0.2, 0.25) is 0 Å². The van der Waals surface area contributed by atoms with E-state index in [1.54, 1.807) is 42.5 Å². The number of pyridine rings is 1. The fourth-order valence-corrected chi connectivity index (χ4v) is 2.98. The lowest BCUT2D eigenvalue weighted by atomic mass is 10.2. The molecule has 0 aliphatic carbocycles. The van der Waals surface area contributed by atoms with E-state index in [4.69, 9.17) is 26.2 Å². The van der Waals surface area contributed by atoms with Gasteiger partial charge in [-0.1, -0.05) is 23.7 Å². The number of carbonyl (C=O) groups is 2. The molecule has 0 spiro atoms. The number of carboxylic acids is 1. The van der Waals surface area contributed by atoms with Gasteiger partial charge in [0.25, 0.3) is 11.8 Å². The van der Waals surface area contributed by atoms with E-state index in [1.165, 1.54) is 25.4 Å². The smallest absolute Gasteiger partial charge is 0.354 e. The first-order chi connectivity index (χ1) is 15.4. The Morgan fingerprint density at radius 2 is 1.75 bits per heavy atom. The van der Waals surface area contributed by atoms with E-state index < -0.39 is 11.9 Å². The number of hydrogen-bond donors (Lipinski definition) is 2. The largest absolute Gasteiger partial charge is 0.493 e. The Morgan fingerprint density at radius 1 is 1.00 bits per heavy atom. The molecule has 0 aliphatic heterocycles. The molecule has 0 atom stereocenters. The van der Waals surface area contributed by atoms with Crippen molar-refractivity contribution in [3.63, 3.8) is 0 Å². The monoisotopic (exact) mass is 450 g/mol. The molecule has 0 saturated heterocycles. The molecule has 0 unspecified atom stereocenters. The van der Waals surface area contributed by atoms with E-state index in [2.05, 4.69) is 20.3 Å². The Labute approximate surface area is 186 Å². The maximum atomic E-state index is 13.0. The topological polar surface area (TPSA) is 124 Å². The van der Waals surface area contributed by atoms with Gasteiger partial charge in [0.1, 0.15) is 5.69 Å². The zero-order valence-electron chi connectivity index (χ0n) is 16.6. The number of ether oxygens (including phenoxy) is 2. The molecule has 4 aromatic rings. The standard InChI is InChI=1S/C22H15ClN4O5/c1-31-18-10-12(23)6-9-17(18)32-21-19(26-14-4-2-3-5-15(14)27-21)20(28)25-13-7-8-16(22(29)30)24-11-13/h2-11H,1H3,(H,25,28)(H,29,30). The van der Waals surface area contributed by atoms with Crippen LogP contribution in [0.3, 0.4) is 0 Å². The molecule has 0 radical (unpaired) electrons. The summed E-state index contributed by atoms with van der Waals surface area (Å²) in [7, 11) is 1.46. The highest BCUT2D eigenvalue weighted by molar-refractivity contribution is 6.30. The first-order valence-electron chi connectivity index (χ1n) is 9.23. The highest BCUT2D eigenvalue weighted by atomic mass is 35.5. The van der Waals surface area contributed by atoms with Crippen LogP contribution in [0.15, 0.2) is 60.8 Å². The Hall–Kier alpha value is -4.24. The number of nitrogens with one attached hydrogen (secondary N) is 1. The number of carbonyl (C=O) groups excluding carboxylic acids is 1. The number of aromatic carboxylic acids is 1. The van der Waals surface area contributed by atoms with Crippen LogP contribution in [-0.4, -0.2) is 39.0 Å². The summed E-state index contributed by atoms with van der Waals surface area (Å²) in [6, 6.07) is 14.5. The van der Waals surface area contributed by atoms with Crippen LogP contribution in [0.5, 0.6) is 17.4 Å². The minimum atomic E-state index is -1.17. The van der Waals surface area contributed by atoms with E-state index in [1.807, 2.05) is 0 Å². The Morgan fingerprint density at radius 3 is 2.41 bits per heavy atom. The molecule has 0 aliphatic rings. The fraction of sp³-hybridized carbons (Fsp3) is 0.0455. The number of carboxylic acid groups (broad SMARTS) is 1. The zero-order valence-corrected chi connectivity index (χ0v) is 17.3. The predicted molar refractivity (Wildman–Crippen MR) is 117 cm³/mol. The van der Waals surface area contributed by atoms with Crippen molar-refractivity contribution in [2.45, 2.75) is 0 Å². The number of aromatic nitrogens is 3. The van der Waals surface area contributed by atoms with E-state index in [0.29, 0.717) is 27.6 Å². The molecule has 0 bridgehead atoms. The summed E-state index contributed by atoms with van der Waals surface area (Å²) >= 11 is 6.01. The number of benzene rings is 2. The third kappa shape index (κ3) is 4.42. The average molecular weight is 451 g/mol. The highest BCUT2D eigenvalue weighted by Crippen LogP contribution is 2.34. The number of methoxy groups -OCH3 is 1. The third-order valence-electron chi connectivity index (χ3n) is 4.33. The molecular formula is C22H15ClN4O5. The summed E-state index contributed by atoms with van der Waals surface area (Å²) in [6.45, 7) is 0. The van der Waals surface area contributed by atoms with Gasteiger partial charge in [0, 0.05) is 11.1 Å². The molecule has 10 heteroatoms. The number of fused-ring (bicyclic) bond motifs is 1. The molecule has 32 heavy (non-hydrogen) atoms. The summed E-state index contributed by atoms with van der Waals surface area (Å²) in [6.07, 6.45) is 1.23. The van der Waals surface area contributed by atoms with Gasteiger partial charge in [-0.05, 0) is 36.4 Å². The molecule has 1 amide bonds. The van der Waals surface area contributed by atoms with Crippen LogP contribution in [0.4, 0.5) is 5.69 Å². The quantitative estimate of drug-likeness (QED) is 0.442. The minimum absolute atomic E-state index is 0.0445. The number of para-hydroxylation sites is 2. The normalized spacial score (nSPS) is 10.6. The van der Waals surface area contributed by atoms with Gasteiger partial charge < -0.3 is 19.9 Å². The molecule has 2 heterocycles. The van der Waals surface area contributed by atoms with Crippen LogP contribution in [0.1, 0.15) is 21.0 Å². The van der Waals surface area contributed by atoms with Crippen LogP contribution in [0.2, 0.25) is 5.02 Å². The van der Waals surface area contributed by atoms with Crippen LogP contribution in [0.25, 0.3) is 11.0 Å². The number of amides is 1. The number of anilines is 1. The molecule has 4 rings (SSSR count). The maximum Gasteiger partial charge on any atom is 0.354 e. The van der Waals surface area contributed by atoms with Crippen molar-refractivity contribution in [1.82, 2.24) is 15.0 Å². The average Bonchev–Trinajstić information content (AvgIpc) is 2.80. The third-order valence-corrected chi connectivity index (χ3v) is 4.56. The molecule has 0 saturated carbocycles. The van der Waals surface area contributed by atoms with Crippen LogP contribution < -0.4 is 14.8 Å². The van der Waals surface area contributed by atoms with Gasteiger partial charge in [0.05, 0.1) is 30.0 Å². The van der Waals surface area contributed by atoms with Crippen molar-refractivity contribution in [3.8, 4) is 17.4 Å².